The number of carbonyl (C=O) groups excluding carboxylic acids is 1. The summed E-state index contributed by atoms with van der Waals surface area (Å²) in [6.07, 6.45) is 5.97. The van der Waals surface area contributed by atoms with Crippen LogP contribution in [0, 0.1) is 13.8 Å². The van der Waals surface area contributed by atoms with E-state index in [4.69, 9.17) is 0 Å². The lowest BCUT2D eigenvalue weighted by Crippen LogP contribution is -2.45. The Morgan fingerprint density at radius 1 is 1.30 bits per heavy atom. The van der Waals surface area contributed by atoms with Gasteiger partial charge in [-0.3, -0.25) is 4.68 Å². The van der Waals surface area contributed by atoms with E-state index in [1.807, 2.05) is 25.5 Å². The molecule has 0 atom stereocenters. The summed E-state index contributed by atoms with van der Waals surface area (Å²) in [5.41, 5.74) is 1.80. The first-order chi connectivity index (χ1) is 10.9. The Hall–Kier alpha value is -1.56. The van der Waals surface area contributed by atoms with E-state index in [1.54, 1.807) is 11.9 Å². The van der Waals surface area contributed by atoms with E-state index in [0.717, 1.165) is 49.3 Å². The summed E-state index contributed by atoms with van der Waals surface area (Å²) in [7, 11) is 1.74. The van der Waals surface area contributed by atoms with Crippen LogP contribution in [0.1, 0.15) is 56.8 Å². The number of hydrogen-bond acceptors (Lipinski definition) is 3. The van der Waals surface area contributed by atoms with Crippen LogP contribution < -0.4 is 5.32 Å². The second-order valence-corrected chi connectivity index (χ2v) is 6.79. The van der Waals surface area contributed by atoms with Crippen molar-refractivity contribution in [3.63, 3.8) is 0 Å². The van der Waals surface area contributed by atoms with Gasteiger partial charge >= 0.3 is 6.03 Å². The Labute approximate surface area is 138 Å². The van der Waals surface area contributed by atoms with E-state index in [9.17, 15) is 9.90 Å². The number of urea groups is 1. The highest BCUT2D eigenvalue weighted by molar-refractivity contribution is 5.90. The number of hydrogen-bond donors (Lipinski definition) is 2. The minimum Gasteiger partial charge on any atom is -0.388 e. The number of carbonyl (C=O) groups is 1. The molecule has 0 saturated heterocycles. The van der Waals surface area contributed by atoms with Crippen molar-refractivity contribution >= 4 is 11.7 Å². The zero-order valence-electron chi connectivity index (χ0n) is 14.9. The van der Waals surface area contributed by atoms with Crippen LogP contribution in [0.15, 0.2) is 0 Å². The molecule has 130 valence electrons. The minimum absolute atomic E-state index is 0.190. The molecule has 1 fully saturated rings. The maximum atomic E-state index is 12.5. The number of rotatable bonds is 4. The lowest BCUT2D eigenvalue weighted by atomic mass is 9.94. The van der Waals surface area contributed by atoms with E-state index < -0.39 is 5.60 Å². The van der Waals surface area contributed by atoms with Gasteiger partial charge in [0.2, 0.25) is 0 Å². The Kier molecular flexibility index (Phi) is 5.68. The molecule has 0 spiro atoms. The van der Waals surface area contributed by atoms with Crippen LogP contribution in [0.5, 0.6) is 0 Å². The van der Waals surface area contributed by atoms with Gasteiger partial charge < -0.3 is 15.3 Å². The molecule has 0 aromatic carbocycles. The van der Waals surface area contributed by atoms with Gasteiger partial charge in [-0.05, 0) is 33.6 Å². The lowest BCUT2D eigenvalue weighted by molar-refractivity contribution is 0.00582. The zero-order chi connectivity index (χ0) is 17.0. The molecule has 2 N–H and O–H groups in total. The minimum atomic E-state index is -0.750. The third-order valence-electron chi connectivity index (χ3n) is 4.83. The highest BCUT2D eigenvalue weighted by Crippen LogP contribution is 2.28. The molecule has 0 unspecified atom stereocenters. The fourth-order valence-electron chi connectivity index (χ4n) is 3.45. The number of aromatic nitrogens is 2. The monoisotopic (exact) mass is 322 g/mol. The van der Waals surface area contributed by atoms with Gasteiger partial charge in [0.25, 0.3) is 0 Å². The van der Waals surface area contributed by atoms with Crippen molar-refractivity contribution in [2.75, 3.05) is 18.9 Å². The van der Waals surface area contributed by atoms with Crippen molar-refractivity contribution in [2.24, 2.45) is 0 Å². The van der Waals surface area contributed by atoms with Gasteiger partial charge in [0.15, 0.2) is 0 Å². The summed E-state index contributed by atoms with van der Waals surface area (Å²) >= 11 is 0. The molecule has 0 radical (unpaired) electrons. The molecule has 1 aliphatic rings. The number of anilines is 1. The van der Waals surface area contributed by atoms with Crippen molar-refractivity contribution < 1.29 is 9.90 Å². The first-order valence-corrected chi connectivity index (χ1v) is 8.65. The van der Waals surface area contributed by atoms with Gasteiger partial charge in [0.1, 0.15) is 0 Å². The van der Waals surface area contributed by atoms with Gasteiger partial charge in [-0.15, -0.1) is 0 Å². The fourth-order valence-corrected chi connectivity index (χ4v) is 3.45. The lowest BCUT2D eigenvalue weighted by Gasteiger charge is -2.31. The molecule has 6 nitrogen and oxygen atoms in total. The van der Waals surface area contributed by atoms with E-state index in [-0.39, 0.29) is 6.03 Å². The summed E-state index contributed by atoms with van der Waals surface area (Å²) in [6, 6.07) is -0.190. The number of nitrogens with zero attached hydrogens (tertiary/aromatic N) is 3. The Morgan fingerprint density at radius 2 is 1.91 bits per heavy atom. The average molecular weight is 322 g/mol. The predicted molar refractivity (Wildman–Crippen MR) is 91.7 cm³/mol. The first-order valence-electron chi connectivity index (χ1n) is 8.65. The molecule has 1 aliphatic carbocycles. The van der Waals surface area contributed by atoms with Crippen LogP contribution in [-0.2, 0) is 6.54 Å². The smallest absolute Gasteiger partial charge is 0.321 e. The van der Waals surface area contributed by atoms with Crippen molar-refractivity contribution in [3.05, 3.63) is 11.4 Å². The molecular formula is C17H30N4O2. The van der Waals surface area contributed by atoms with Gasteiger partial charge in [-0.2, -0.15) is 5.10 Å². The third-order valence-corrected chi connectivity index (χ3v) is 4.83. The van der Waals surface area contributed by atoms with Gasteiger partial charge in [0, 0.05) is 13.6 Å². The van der Waals surface area contributed by atoms with Crippen LogP contribution in [0.2, 0.25) is 0 Å². The van der Waals surface area contributed by atoms with E-state index in [0.29, 0.717) is 6.54 Å². The molecule has 23 heavy (non-hydrogen) atoms. The van der Waals surface area contributed by atoms with Crippen LogP contribution in [0.25, 0.3) is 0 Å². The van der Waals surface area contributed by atoms with Gasteiger partial charge in [-0.1, -0.05) is 25.7 Å². The van der Waals surface area contributed by atoms with E-state index in [1.165, 1.54) is 12.8 Å². The number of likely N-dealkylation sites (N-methyl/N-ethyl adjacent to an activating group) is 1. The molecule has 1 aromatic rings. The predicted octanol–water partition coefficient (Wildman–Crippen LogP) is 3.07. The Balaban J connectivity index is 2.01. The standard InChI is InChI=1S/C17H30N4O2/c1-5-21-14(3)15(13(2)19-21)18-16(22)20(4)12-17(23)10-8-6-7-9-11-17/h23H,5-12H2,1-4H3,(H,18,22). The first kappa shape index (κ1) is 17.8. The van der Waals surface area contributed by atoms with Crippen molar-refractivity contribution in [2.45, 2.75) is 71.4 Å². The fraction of sp³-hybridized carbons (Fsp3) is 0.765. The SMILES string of the molecule is CCn1nc(C)c(NC(=O)N(C)CC2(O)CCCCCC2)c1C. The van der Waals surface area contributed by atoms with Gasteiger partial charge in [-0.25, -0.2) is 4.79 Å². The quantitative estimate of drug-likeness (QED) is 0.837. The summed E-state index contributed by atoms with van der Waals surface area (Å²) in [4.78, 5) is 14.1. The largest absolute Gasteiger partial charge is 0.388 e. The maximum Gasteiger partial charge on any atom is 0.321 e. The molecule has 0 bridgehead atoms. The second-order valence-electron chi connectivity index (χ2n) is 6.79. The third kappa shape index (κ3) is 4.25. The number of amides is 2. The van der Waals surface area contributed by atoms with E-state index in [2.05, 4.69) is 10.4 Å². The molecule has 6 heteroatoms. The molecule has 2 rings (SSSR count). The number of nitrogens with one attached hydrogen (secondary N) is 1. The highest BCUT2D eigenvalue weighted by Gasteiger charge is 2.31. The highest BCUT2D eigenvalue weighted by atomic mass is 16.3. The van der Waals surface area contributed by atoms with Crippen LogP contribution in [-0.4, -0.2) is 45.0 Å². The Morgan fingerprint density at radius 3 is 2.43 bits per heavy atom. The Bertz CT molecular complexity index is 545. The molecule has 1 heterocycles. The van der Waals surface area contributed by atoms with Crippen LogP contribution >= 0.6 is 0 Å². The summed E-state index contributed by atoms with van der Waals surface area (Å²) in [5, 5.41) is 18.1. The van der Waals surface area contributed by atoms with Crippen molar-refractivity contribution in [1.82, 2.24) is 14.7 Å². The van der Waals surface area contributed by atoms with Crippen LogP contribution in [0.4, 0.5) is 10.5 Å². The van der Waals surface area contributed by atoms with Crippen molar-refractivity contribution in [1.29, 1.82) is 0 Å². The zero-order valence-corrected chi connectivity index (χ0v) is 14.9. The molecule has 0 aliphatic heterocycles. The summed E-state index contributed by atoms with van der Waals surface area (Å²) in [6.45, 7) is 7.03. The van der Waals surface area contributed by atoms with Gasteiger partial charge in [0.05, 0.1) is 29.2 Å². The molecule has 2 amide bonds. The normalized spacial score (nSPS) is 17.6. The number of aryl methyl sites for hydroxylation is 2. The average Bonchev–Trinajstić information content (AvgIpc) is 2.67. The van der Waals surface area contributed by atoms with Crippen molar-refractivity contribution in [3.8, 4) is 0 Å². The maximum absolute atomic E-state index is 12.5. The second kappa shape index (κ2) is 7.34. The number of aliphatic hydroxyl groups is 1. The summed E-state index contributed by atoms with van der Waals surface area (Å²) in [5.74, 6) is 0. The topological polar surface area (TPSA) is 70.4 Å². The molecule has 1 saturated carbocycles. The van der Waals surface area contributed by atoms with Crippen LogP contribution in [0.3, 0.4) is 0 Å². The molecular weight excluding hydrogens is 292 g/mol. The van der Waals surface area contributed by atoms with E-state index >= 15 is 0 Å². The molecule has 1 aromatic heterocycles. The summed E-state index contributed by atoms with van der Waals surface area (Å²) < 4.78 is 1.88.